The van der Waals surface area contributed by atoms with Crippen molar-refractivity contribution >= 4 is 17.7 Å². The standard InChI is InChI=1S/C11H21NO2S/c1-10(11(13)14-2)15-9-8-12-6-4-3-5-7-12/h10H,3-9H2,1-2H3. The molecule has 0 aromatic heterocycles. The van der Waals surface area contributed by atoms with Crippen LogP contribution in [0.25, 0.3) is 0 Å². The molecule has 0 aromatic carbocycles. The Balaban J connectivity index is 2.07. The Morgan fingerprint density at radius 2 is 2.07 bits per heavy atom. The summed E-state index contributed by atoms with van der Waals surface area (Å²) in [5.41, 5.74) is 0. The quantitative estimate of drug-likeness (QED) is 0.674. The van der Waals surface area contributed by atoms with E-state index in [2.05, 4.69) is 9.64 Å². The zero-order chi connectivity index (χ0) is 11.1. The molecule has 1 aliphatic heterocycles. The number of esters is 1. The van der Waals surface area contributed by atoms with Gasteiger partial charge in [0.05, 0.1) is 12.4 Å². The fraction of sp³-hybridized carbons (Fsp3) is 0.909. The fourth-order valence-electron chi connectivity index (χ4n) is 1.78. The Hall–Kier alpha value is -0.220. The zero-order valence-corrected chi connectivity index (χ0v) is 10.5. The van der Waals surface area contributed by atoms with Crippen LogP contribution in [-0.2, 0) is 9.53 Å². The Morgan fingerprint density at radius 3 is 2.67 bits per heavy atom. The predicted octanol–water partition coefficient (Wildman–Crippen LogP) is 1.77. The smallest absolute Gasteiger partial charge is 0.318 e. The van der Waals surface area contributed by atoms with Crippen LogP contribution in [0.5, 0.6) is 0 Å². The van der Waals surface area contributed by atoms with Gasteiger partial charge in [-0.1, -0.05) is 6.42 Å². The molecule has 0 bridgehead atoms. The van der Waals surface area contributed by atoms with Crippen LogP contribution in [0.3, 0.4) is 0 Å². The molecule has 0 saturated carbocycles. The molecule has 15 heavy (non-hydrogen) atoms. The van der Waals surface area contributed by atoms with Crippen molar-refractivity contribution in [2.75, 3.05) is 32.5 Å². The van der Waals surface area contributed by atoms with Crippen LogP contribution >= 0.6 is 11.8 Å². The molecule has 1 atom stereocenters. The van der Waals surface area contributed by atoms with E-state index in [9.17, 15) is 4.79 Å². The van der Waals surface area contributed by atoms with Crippen LogP contribution in [0.2, 0.25) is 0 Å². The van der Waals surface area contributed by atoms with E-state index in [4.69, 9.17) is 0 Å². The SMILES string of the molecule is COC(=O)C(C)SCCN1CCCCC1. The van der Waals surface area contributed by atoms with Gasteiger partial charge in [-0.05, 0) is 32.9 Å². The second-order valence-corrected chi connectivity index (χ2v) is 5.39. The molecule has 88 valence electrons. The van der Waals surface area contributed by atoms with Gasteiger partial charge in [-0.3, -0.25) is 4.79 Å². The lowest BCUT2D eigenvalue weighted by Crippen LogP contribution is -2.32. The summed E-state index contributed by atoms with van der Waals surface area (Å²) >= 11 is 1.69. The van der Waals surface area contributed by atoms with Crippen molar-refractivity contribution in [2.24, 2.45) is 0 Å². The van der Waals surface area contributed by atoms with E-state index in [1.54, 1.807) is 11.8 Å². The van der Waals surface area contributed by atoms with E-state index in [0.717, 1.165) is 12.3 Å². The number of carbonyl (C=O) groups excluding carboxylic acids is 1. The summed E-state index contributed by atoms with van der Waals surface area (Å²) in [4.78, 5) is 13.6. The molecule has 1 heterocycles. The van der Waals surface area contributed by atoms with E-state index >= 15 is 0 Å². The van der Waals surface area contributed by atoms with Crippen molar-refractivity contribution in [1.82, 2.24) is 4.90 Å². The van der Waals surface area contributed by atoms with Crippen molar-refractivity contribution in [3.05, 3.63) is 0 Å². The molecular weight excluding hydrogens is 210 g/mol. The Bertz CT molecular complexity index is 193. The van der Waals surface area contributed by atoms with E-state index in [1.165, 1.54) is 39.5 Å². The molecule has 3 nitrogen and oxygen atoms in total. The van der Waals surface area contributed by atoms with E-state index in [0.29, 0.717) is 0 Å². The lowest BCUT2D eigenvalue weighted by Gasteiger charge is -2.26. The van der Waals surface area contributed by atoms with Crippen molar-refractivity contribution in [3.8, 4) is 0 Å². The van der Waals surface area contributed by atoms with E-state index in [-0.39, 0.29) is 11.2 Å². The lowest BCUT2D eigenvalue weighted by molar-refractivity contribution is -0.139. The van der Waals surface area contributed by atoms with Gasteiger partial charge in [0, 0.05) is 12.3 Å². The second kappa shape index (κ2) is 7.12. The Morgan fingerprint density at radius 1 is 1.40 bits per heavy atom. The van der Waals surface area contributed by atoms with Crippen molar-refractivity contribution in [2.45, 2.75) is 31.4 Å². The summed E-state index contributed by atoms with van der Waals surface area (Å²) < 4.78 is 4.68. The minimum absolute atomic E-state index is 0.0280. The number of hydrogen-bond acceptors (Lipinski definition) is 4. The molecule has 1 fully saturated rings. The number of hydrogen-bond donors (Lipinski definition) is 0. The first-order chi connectivity index (χ1) is 7.24. The van der Waals surface area contributed by atoms with Crippen LogP contribution in [-0.4, -0.2) is 48.6 Å². The highest BCUT2D eigenvalue weighted by atomic mass is 32.2. The third kappa shape index (κ3) is 4.89. The first-order valence-electron chi connectivity index (χ1n) is 5.66. The van der Waals surface area contributed by atoms with Gasteiger partial charge in [-0.25, -0.2) is 0 Å². The highest BCUT2D eigenvalue weighted by Gasteiger charge is 2.14. The van der Waals surface area contributed by atoms with Gasteiger partial charge >= 0.3 is 5.97 Å². The fourth-order valence-corrected chi connectivity index (χ4v) is 2.73. The summed E-state index contributed by atoms with van der Waals surface area (Å²) in [6.07, 6.45) is 4.04. The number of likely N-dealkylation sites (tertiary alicyclic amines) is 1. The van der Waals surface area contributed by atoms with Gasteiger partial charge in [-0.2, -0.15) is 0 Å². The lowest BCUT2D eigenvalue weighted by atomic mass is 10.1. The maximum absolute atomic E-state index is 11.1. The van der Waals surface area contributed by atoms with Gasteiger partial charge in [0.1, 0.15) is 0 Å². The van der Waals surface area contributed by atoms with Crippen LogP contribution in [0.4, 0.5) is 0 Å². The predicted molar refractivity (Wildman–Crippen MR) is 64.2 cm³/mol. The molecule has 0 N–H and O–H groups in total. The number of piperidine rings is 1. The summed E-state index contributed by atoms with van der Waals surface area (Å²) in [6.45, 7) is 5.47. The van der Waals surface area contributed by atoms with Gasteiger partial charge in [-0.15, -0.1) is 11.8 Å². The molecule has 0 radical (unpaired) electrons. The number of nitrogens with zero attached hydrogens (tertiary/aromatic N) is 1. The average molecular weight is 231 g/mol. The first-order valence-corrected chi connectivity index (χ1v) is 6.70. The first kappa shape index (κ1) is 12.8. The van der Waals surface area contributed by atoms with E-state index < -0.39 is 0 Å². The molecule has 1 aliphatic rings. The molecule has 1 unspecified atom stereocenters. The second-order valence-electron chi connectivity index (χ2n) is 3.94. The van der Waals surface area contributed by atoms with Crippen molar-refractivity contribution < 1.29 is 9.53 Å². The van der Waals surface area contributed by atoms with Gasteiger partial charge < -0.3 is 9.64 Å². The van der Waals surface area contributed by atoms with E-state index in [1.807, 2.05) is 6.92 Å². The number of methoxy groups -OCH3 is 1. The van der Waals surface area contributed by atoms with Crippen LogP contribution in [0.1, 0.15) is 26.2 Å². The summed E-state index contributed by atoms with van der Waals surface area (Å²) in [5, 5.41) is -0.0280. The number of carbonyl (C=O) groups is 1. The topological polar surface area (TPSA) is 29.5 Å². The third-order valence-corrected chi connectivity index (χ3v) is 3.87. The molecular formula is C11H21NO2S. The molecule has 1 rings (SSSR count). The van der Waals surface area contributed by atoms with Crippen LogP contribution in [0.15, 0.2) is 0 Å². The van der Waals surface area contributed by atoms with Crippen LogP contribution in [0, 0.1) is 0 Å². The molecule has 1 saturated heterocycles. The Labute approximate surface area is 96.5 Å². The largest absolute Gasteiger partial charge is 0.468 e. The van der Waals surface area contributed by atoms with Crippen LogP contribution < -0.4 is 0 Å². The highest BCUT2D eigenvalue weighted by molar-refractivity contribution is 8.00. The van der Waals surface area contributed by atoms with Gasteiger partial charge in [0.2, 0.25) is 0 Å². The normalized spacial score (nSPS) is 19.9. The minimum atomic E-state index is -0.112. The number of thioether (sulfide) groups is 1. The number of rotatable bonds is 5. The number of ether oxygens (including phenoxy) is 1. The summed E-state index contributed by atoms with van der Waals surface area (Å²) in [7, 11) is 1.45. The van der Waals surface area contributed by atoms with Crippen molar-refractivity contribution in [1.29, 1.82) is 0 Å². The van der Waals surface area contributed by atoms with Crippen molar-refractivity contribution in [3.63, 3.8) is 0 Å². The Kier molecular flexibility index (Phi) is 6.10. The molecule has 0 spiro atoms. The molecule has 4 heteroatoms. The maximum Gasteiger partial charge on any atom is 0.318 e. The average Bonchev–Trinajstić information content (AvgIpc) is 2.29. The highest BCUT2D eigenvalue weighted by Crippen LogP contribution is 2.14. The summed E-state index contributed by atoms with van der Waals surface area (Å²) in [5.74, 6) is 0.912. The molecule has 0 amide bonds. The summed E-state index contributed by atoms with van der Waals surface area (Å²) in [6, 6.07) is 0. The molecule has 0 aromatic rings. The van der Waals surface area contributed by atoms with Gasteiger partial charge in [0.15, 0.2) is 0 Å². The maximum atomic E-state index is 11.1. The van der Waals surface area contributed by atoms with Gasteiger partial charge in [0.25, 0.3) is 0 Å². The molecule has 0 aliphatic carbocycles. The minimum Gasteiger partial charge on any atom is -0.468 e. The zero-order valence-electron chi connectivity index (χ0n) is 9.70. The monoisotopic (exact) mass is 231 g/mol. The third-order valence-electron chi connectivity index (χ3n) is 2.76.